The van der Waals surface area contributed by atoms with Gasteiger partial charge in [0.25, 0.3) is 0 Å². The molecule has 6 nitrogen and oxygen atoms in total. The molecule has 0 aliphatic heterocycles. The van der Waals surface area contributed by atoms with E-state index in [2.05, 4.69) is 0 Å². The Balaban J connectivity index is 0.000000648. The van der Waals surface area contributed by atoms with Crippen molar-refractivity contribution in [2.75, 3.05) is 0 Å². The van der Waals surface area contributed by atoms with Gasteiger partial charge in [-0.3, -0.25) is 4.79 Å². The quantitative estimate of drug-likeness (QED) is 0.241. The number of carbonyl (C=O) groups is 1. The van der Waals surface area contributed by atoms with Crippen molar-refractivity contribution >= 4 is 17.9 Å². The molecular weight excluding hydrogens is 516 g/mol. The van der Waals surface area contributed by atoms with Gasteiger partial charge in [0.1, 0.15) is 5.56 Å². The molecule has 0 N–H and O–H groups in total. The highest BCUT2D eigenvalue weighted by Crippen LogP contribution is 2.35. The van der Waals surface area contributed by atoms with E-state index in [-0.39, 0.29) is 5.78 Å². The van der Waals surface area contributed by atoms with E-state index in [0.29, 0.717) is 22.6 Å². The Kier molecular flexibility index (Phi) is 9.12. The van der Waals surface area contributed by atoms with Gasteiger partial charge in [-0.1, -0.05) is 109 Å². The molecule has 5 rings (SSSR count). The molecule has 7 heteroatoms. The molecule has 0 saturated heterocycles. The predicted molar refractivity (Wildman–Crippen MR) is 139 cm³/mol. The van der Waals surface area contributed by atoms with Gasteiger partial charge in [0.15, 0.2) is 0 Å². The first kappa shape index (κ1) is 27.6. The summed E-state index contributed by atoms with van der Waals surface area (Å²) in [5, 5.41) is 0. The Labute approximate surface area is 228 Å². The standard InChI is InChI=1S/C32H23O2.ClHO4/c33-31(26-17-9-3-10-18-26)30-28(22-21-24-13-5-1-6-14-24)23-29(25-15-7-2-8-16-25)34-32(30)27-19-11-4-12-20-27;2-1(3,4)5/h1-23H;(H,2,3,4,5)/q+1;/p-1/b22-21+;. The summed E-state index contributed by atoms with van der Waals surface area (Å²) in [6, 6.07) is 41.2. The van der Waals surface area contributed by atoms with Gasteiger partial charge in [-0.15, -0.1) is 10.2 Å². The maximum absolute atomic E-state index is 13.8. The lowest BCUT2D eigenvalue weighted by Crippen LogP contribution is -2.68. The first-order valence-corrected chi connectivity index (χ1v) is 13.1. The Morgan fingerprint density at radius 2 is 1.08 bits per heavy atom. The smallest absolute Gasteiger partial charge is 0.288 e. The van der Waals surface area contributed by atoms with Crippen LogP contribution in [0.3, 0.4) is 0 Å². The first-order chi connectivity index (χ1) is 18.8. The van der Waals surface area contributed by atoms with Gasteiger partial charge in [-0.05, 0) is 29.8 Å². The van der Waals surface area contributed by atoms with Crippen molar-refractivity contribution in [3.63, 3.8) is 0 Å². The largest absolute Gasteiger partial charge is 0.372 e. The third kappa shape index (κ3) is 8.02. The van der Waals surface area contributed by atoms with E-state index in [1.807, 2.05) is 140 Å². The van der Waals surface area contributed by atoms with E-state index < -0.39 is 10.2 Å². The van der Waals surface area contributed by atoms with E-state index in [4.69, 9.17) is 23.1 Å². The second-order valence-corrected chi connectivity index (χ2v) is 9.08. The van der Waals surface area contributed by atoms with Crippen LogP contribution in [0, 0.1) is 10.2 Å². The Morgan fingerprint density at radius 3 is 1.62 bits per heavy atom. The summed E-state index contributed by atoms with van der Waals surface area (Å²) in [6.07, 6.45) is 4.03. The van der Waals surface area contributed by atoms with Crippen LogP contribution in [0.25, 0.3) is 34.8 Å². The molecule has 0 radical (unpaired) electrons. The number of rotatable bonds is 6. The van der Waals surface area contributed by atoms with Gasteiger partial charge in [0.2, 0.25) is 5.78 Å². The zero-order valence-electron chi connectivity index (χ0n) is 20.6. The van der Waals surface area contributed by atoms with Gasteiger partial charge >= 0.3 is 11.5 Å². The molecule has 0 unspecified atom stereocenters. The summed E-state index contributed by atoms with van der Waals surface area (Å²) < 4.78 is 40.4. The molecular formula is C32H23ClO6. The van der Waals surface area contributed by atoms with Gasteiger partial charge in [-0.25, -0.2) is 23.1 Å². The van der Waals surface area contributed by atoms with Gasteiger partial charge in [0.05, 0.1) is 17.2 Å². The van der Waals surface area contributed by atoms with Crippen LogP contribution < -0.4 is 18.6 Å². The van der Waals surface area contributed by atoms with Crippen LogP contribution in [-0.4, -0.2) is 5.78 Å². The molecule has 0 aliphatic carbocycles. The third-order valence-corrected chi connectivity index (χ3v) is 5.63. The maximum atomic E-state index is 13.8. The van der Waals surface area contributed by atoms with Crippen molar-refractivity contribution < 1.29 is 38.1 Å². The molecule has 5 aromatic rings. The molecule has 0 bridgehead atoms. The average molecular weight is 539 g/mol. The van der Waals surface area contributed by atoms with Crippen molar-refractivity contribution in [1.82, 2.24) is 0 Å². The van der Waals surface area contributed by atoms with Crippen LogP contribution in [-0.2, 0) is 0 Å². The summed E-state index contributed by atoms with van der Waals surface area (Å²) in [4.78, 5) is 13.8. The Bertz CT molecular complexity index is 1530. The van der Waals surface area contributed by atoms with E-state index >= 15 is 0 Å². The molecule has 0 atom stereocenters. The van der Waals surface area contributed by atoms with Gasteiger partial charge < -0.3 is 0 Å². The number of carbonyl (C=O) groups excluding carboxylic acids is 1. The van der Waals surface area contributed by atoms with Gasteiger partial charge in [-0.2, -0.15) is 0 Å². The first-order valence-electron chi connectivity index (χ1n) is 11.9. The minimum absolute atomic E-state index is 0.0736. The van der Waals surface area contributed by atoms with Crippen LogP contribution >= 0.6 is 0 Å². The normalized spacial score (nSPS) is 11.1. The zero-order chi connectivity index (χ0) is 27.7. The molecule has 0 fully saturated rings. The number of hydrogen-bond acceptors (Lipinski definition) is 5. The fourth-order valence-electron chi connectivity index (χ4n) is 3.92. The van der Waals surface area contributed by atoms with Crippen LogP contribution in [0.1, 0.15) is 27.0 Å². The predicted octanol–water partition coefficient (Wildman–Crippen LogP) is 3.54. The van der Waals surface area contributed by atoms with Gasteiger partial charge in [0, 0.05) is 11.1 Å². The lowest BCUT2D eigenvalue weighted by atomic mass is 9.93. The lowest BCUT2D eigenvalue weighted by Gasteiger charge is -2.17. The fraction of sp³-hybridized carbons (Fsp3) is 0. The van der Waals surface area contributed by atoms with E-state index in [1.54, 1.807) is 0 Å². The van der Waals surface area contributed by atoms with Crippen LogP contribution in [0.15, 0.2) is 132 Å². The highest BCUT2D eigenvalue weighted by Gasteiger charge is 2.30. The second-order valence-electron chi connectivity index (χ2n) is 8.32. The molecule has 0 saturated carbocycles. The molecule has 0 spiro atoms. The van der Waals surface area contributed by atoms with Crippen LogP contribution in [0.2, 0.25) is 0 Å². The monoisotopic (exact) mass is 538 g/mol. The minimum atomic E-state index is -4.94. The minimum Gasteiger partial charge on any atom is -0.288 e. The lowest BCUT2D eigenvalue weighted by molar-refractivity contribution is -2.00. The number of benzene rings is 4. The highest BCUT2D eigenvalue weighted by atomic mass is 35.7. The molecule has 0 amide bonds. The van der Waals surface area contributed by atoms with E-state index in [9.17, 15) is 4.79 Å². The number of halogens is 1. The Hall–Kier alpha value is -4.43. The van der Waals surface area contributed by atoms with Crippen molar-refractivity contribution in [2.24, 2.45) is 0 Å². The van der Waals surface area contributed by atoms with Crippen molar-refractivity contribution in [3.8, 4) is 22.6 Å². The maximum Gasteiger partial charge on any atom is 0.372 e. The average Bonchev–Trinajstić information content (AvgIpc) is 2.96. The fourth-order valence-corrected chi connectivity index (χ4v) is 3.92. The van der Waals surface area contributed by atoms with E-state index in [1.165, 1.54) is 0 Å². The summed E-state index contributed by atoms with van der Waals surface area (Å²) >= 11 is 0. The number of hydrogen-bond donors (Lipinski definition) is 0. The second kappa shape index (κ2) is 12.9. The molecule has 0 aliphatic rings. The SMILES string of the molecule is O=C(c1ccccc1)c1c(/C=C/c2ccccc2)cc(-c2ccccc2)[o+]c1-c1ccccc1.[O-][Cl+3]([O-])([O-])[O-]. The highest BCUT2D eigenvalue weighted by molar-refractivity contribution is 6.14. The summed E-state index contributed by atoms with van der Waals surface area (Å²) in [6.45, 7) is 0. The molecule has 4 aromatic carbocycles. The van der Waals surface area contributed by atoms with E-state index in [0.717, 1.165) is 22.3 Å². The van der Waals surface area contributed by atoms with Crippen LogP contribution in [0.5, 0.6) is 0 Å². The van der Waals surface area contributed by atoms with Crippen LogP contribution in [0.4, 0.5) is 0 Å². The number of ketones is 1. The third-order valence-electron chi connectivity index (χ3n) is 5.63. The topological polar surface area (TPSA) is 121 Å². The van der Waals surface area contributed by atoms with Crippen molar-refractivity contribution in [3.05, 3.63) is 150 Å². The summed E-state index contributed by atoms with van der Waals surface area (Å²) in [7, 11) is -4.94. The van der Waals surface area contributed by atoms with Crippen molar-refractivity contribution in [2.45, 2.75) is 0 Å². The molecule has 39 heavy (non-hydrogen) atoms. The Morgan fingerprint density at radius 1 is 0.615 bits per heavy atom. The molecule has 1 aromatic heterocycles. The molecule has 194 valence electrons. The summed E-state index contributed by atoms with van der Waals surface area (Å²) in [5.74, 6) is 1.19. The zero-order valence-corrected chi connectivity index (χ0v) is 21.4. The summed E-state index contributed by atoms with van der Waals surface area (Å²) in [5.41, 5.74) is 4.84. The van der Waals surface area contributed by atoms with Crippen molar-refractivity contribution in [1.29, 1.82) is 0 Å². The molecule has 1 heterocycles.